The molecule has 1 atom stereocenters. The molecule has 2 aromatic carbocycles. The van der Waals surface area contributed by atoms with Crippen molar-refractivity contribution >= 4 is 11.6 Å². The average Bonchev–Trinajstić information content (AvgIpc) is 2.60. The number of benzene rings is 2. The van der Waals surface area contributed by atoms with E-state index >= 15 is 0 Å². The molecule has 0 unspecified atom stereocenters. The number of anilines is 1. The highest BCUT2D eigenvalue weighted by Crippen LogP contribution is 2.23. The maximum atomic E-state index is 11.6. The minimum Gasteiger partial charge on any atom is -0.497 e. The monoisotopic (exact) mass is 324 g/mol. The maximum absolute atomic E-state index is 11.6. The molecule has 0 aromatic heterocycles. The van der Waals surface area contributed by atoms with Gasteiger partial charge in [-0.15, -0.1) is 0 Å². The number of methoxy groups -OCH3 is 1. The second-order valence-corrected chi connectivity index (χ2v) is 5.69. The summed E-state index contributed by atoms with van der Waals surface area (Å²) in [6, 6.07) is 17.7. The van der Waals surface area contributed by atoms with E-state index in [1.807, 2.05) is 54.4 Å². The molecule has 0 fully saturated rings. The Morgan fingerprint density at radius 2 is 1.79 bits per heavy atom. The number of hydrogen-bond donors (Lipinski definition) is 1. The molecule has 0 saturated carbocycles. The Bertz CT molecular complexity index is 681. The summed E-state index contributed by atoms with van der Waals surface area (Å²) in [6.07, 6.45) is 0.694. The van der Waals surface area contributed by atoms with E-state index in [2.05, 4.69) is 24.0 Å². The van der Waals surface area contributed by atoms with E-state index in [1.54, 1.807) is 7.11 Å². The Morgan fingerprint density at radius 3 is 2.33 bits per heavy atom. The lowest BCUT2D eigenvalue weighted by Gasteiger charge is -2.29. The first-order valence-electron chi connectivity index (χ1n) is 7.89. The van der Waals surface area contributed by atoms with Gasteiger partial charge >= 0.3 is 0 Å². The molecule has 0 aliphatic rings. The highest BCUT2D eigenvalue weighted by molar-refractivity contribution is 5.74. The zero-order valence-corrected chi connectivity index (χ0v) is 14.5. The lowest BCUT2D eigenvalue weighted by atomic mass is 10.0. The van der Waals surface area contributed by atoms with Crippen molar-refractivity contribution < 1.29 is 9.53 Å². The average molecular weight is 324 g/mol. The van der Waals surface area contributed by atoms with E-state index in [4.69, 9.17) is 4.74 Å². The minimum atomic E-state index is -0.169. The fraction of sp³-hybridized carbons (Fsp3) is 0.250. The Hall–Kier alpha value is -2.75. The number of amides is 1. The fourth-order valence-corrected chi connectivity index (χ4v) is 2.55. The van der Waals surface area contributed by atoms with Crippen LogP contribution in [0.4, 0.5) is 5.69 Å². The number of nitrogens with one attached hydrogen (secondary N) is 1. The molecule has 4 nitrogen and oxygen atoms in total. The second kappa shape index (κ2) is 8.20. The van der Waals surface area contributed by atoms with E-state index in [0.717, 1.165) is 22.7 Å². The Labute approximate surface area is 143 Å². The third-order valence-electron chi connectivity index (χ3n) is 3.95. The van der Waals surface area contributed by atoms with Gasteiger partial charge in [0.1, 0.15) is 5.75 Å². The van der Waals surface area contributed by atoms with Crippen LogP contribution in [0.15, 0.2) is 66.9 Å². The van der Waals surface area contributed by atoms with Crippen molar-refractivity contribution in [2.45, 2.75) is 19.4 Å². The van der Waals surface area contributed by atoms with Gasteiger partial charge in [-0.1, -0.05) is 36.9 Å². The molecule has 0 aliphatic heterocycles. The molecule has 24 heavy (non-hydrogen) atoms. The largest absolute Gasteiger partial charge is 0.497 e. The van der Waals surface area contributed by atoms with Crippen LogP contribution >= 0.6 is 0 Å². The van der Waals surface area contributed by atoms with Gasteiger partial charge in [0.2, 0.25) is 5.91 Å². The summed E-state index contributed by atoms with van der Waals surface area (Å²) in [5.41, 5.74) is 2.98. The molecule has 0 radical (unpaired) electrons. The van der Waals surface area contributed by atoms with Gasteiger partial charge in [0, 0.05) is 25.4 Å². The molecule has 0 heterocycles. The summed E-state index contributed by atoms with van der Waals surface area (Å²) >= 11 is 0. The number of carbonyl (C=O) groups is 1. The number of hydrogen-bond acceptors (Lipinski definition) is 3. The van der Waals surface area contributed by atoms with Gasteiger partial charge in [-0.25, -0.2) is 0 Å². The number of nitrogens with zero attached hydrogens (tertiary/aromatic N) is 1. The van der Waals surface area contributed by atoms with Crippen LogP contribution in [0.5, 0.6) is 5.75 Å². The SMILES string of the molecule is C=C([C@H](Cc1ccccc1)NC(C)=O)N(C)c1ccc(OC)cc1. The molecule has 2 rings (SSSR count). The number of likely N-dealkylation sites (N-methyl/N-ethyl adjacent to an activating group) is 1. The first-order chi connectivity index (χ1) is 11.5. The third-order valence-corrected chi connectivity index (χ3v) is 3.95. The smallest absolute Gasteiger partial charge is 0.217 e. The van der Waals surface area contributed by atoms with Crippen molar-refractivity contribution in [2.24, 2.45) is 0 Å². The van der Waals surface area contributed by atoms with Crippen LogP contribution in [0.3, 0.4) is 0 Å². The third kappa shape index (κ3) is 4.62. The molecule has 1 N–H and O–H groups in total. The second-order valence-electron chi connectivity index (χ2n) is 5.69. The zero-order valence-electron chi connectivity index (χ0n) is 14.5. The van der Waals surface area contributed by atoms with Crippen molar-refractivity contribution in [1.82, 2.24) is 5.32 Å². The summed E-state index contributed by atoms with van der Waals surface area (Å²) in [7, 11) is 3.59. The summed E-state index contributed by atoms with van der Waals surface area (Å²) in [5, 5.41) is 3.00. The van der Waals surface area contributed by atoms with Crippen molar-refractivity contribution in [3.05, 3.63) is 72.4 Å². The summed E-state index contributed by atoms with van der Waals surface area (Å²) in [4.78, 5) is 13.6. The normalized spacial score (nSPS) is 11.5. The van der Waals surface area contributed by atoms with E-state index in [9.17, 15) is 4.79 Å². The maximum Gasteiger partial charge on any atom is 0.217 e. The number of ether oxygens (including phenoxy) is 1. The highest BCUT2D eigenvalue weighted by atomic mass is 16.5. The van der Waals surface area contributed by atoms with E-state index in [-0.39, 0.29) is 11.9 Å². The van der Waals surface area contributed by atoms with E-state index in [1.165, 1.54) is 6.92 Å². The fourth-order valence-electron chi connectivity index (χ4n) is 2.55. The van der Waals surface area contributed by atoms with Gasteiger partial charge < -0.3 is 15.0 Å². The van der Waals surface area contributed by atoms with Crippen molar-refractivity contribution in [2.75, 3.05) is 19.1 Å². The van der Waals surface area contributed by atoms with Gasteiger partial charge in [-0.2, -0.15) is 0 Å². The van der Waals surface area contributed by atoms with Gasteiger partial charge in [-0.05, 0) is 36.2 Å². The lowest BCUT2D eigenvalue weighted by Crippen LogP contribution is -2.41. The van der Waals surface area contributed by atoms with Crippen LogP contribution in [-0.4, -0.2) is 26.1 Å². The molecule has 126 valence electrons. The van der Waals surface area contributed by atoms with Gasteiger partial charge in [-0.3, -0.25) is 4.79 Å². The topological polar surface area (TPSA) is 41.6 Å². The van der Waals surface area contributed by atoms with Crippen LogP contribution < -0.4 is 15.0 Å². The Morgan fingerprint density at radius 1 is 1.17 bits per heavy atom. The quantitative estimate of drug-likeness (QED) is 0.849. The first-order valence-corrected chi connectivity index (χ1v) is 7.89. The molecule has 2 aromatic rings. The molecular weight excluding hydrogens is 300 g/mol. The van der Waals surface area contributed by atoms with Crippen LogP contribution in [0, 0.1) is 0 Å². The number of carbonyl (C=O) groups excluding carboxylic acids is 1. The summed E-state index contributed by atoms with van der Waals surface area (Å²) < 4.78 is 5.19. The lowest BCUT2D eigenvalue weighted by molar-refractivity contribution is -0.119. The molecule has 0 saturated heterocycles. The molecule has 1 amide bonds. The first kappa shape index (κ1) is 17.6. The Balaban J connectivity index is 2.17. The van der Waals surface area contributed by atoms with Gasteiger partial charge in [0.25, 0.3) is 0 Å². The van der Waals surface area contributed by atoms with Crippen LogP contribution in [0.2, 0.25) is 0 Å². The van der Waals surface area contributed by atoms with Crippen molar-refractivity contribution in [3.8, 4) is 5.75 Å². The molecule has 0 bridgehead atoms. The number of rotatable bonds is 7. The summed E-state index contributed by atoms with van der Waals surface area (Å²) in [5.74, 6) is 0.737. The van der Waals surface area contributed by atoms with Crippen LogP contribution in [0.25, 0.3) is 0 Å². The molecule has 0 spiro atoms. The Kier molecular flexibility index (Phi) is 6.01. The van der Waals surface area contributed by atoms with E-state index < -0.39 is 0 Å². The molecule has 0 aliphatic carbocycles. The predicted molar refractivity (Wildman–Crippen MR) is 98.3 cm³/mol. The zero-order chi connectivity index (χ0) is 17.5. The predicted octanol–water partition coefficient (Wildman–Crippen LogP) is 3.39. The minimum absolute atomic E-state index is 0.0692. The molecule has 4 heteroatoms. The standard InChI is InChI=1S/C20H24N2O2/c1-15(22(3)18-10-12-19(24-4)13-11-18)20(21-16(2)23)14-17-8-6-5-7-9-17/h5-13,20H,1,14H2,2-4H3,(H,21,23)/t20-/m0/s1. The molecular formula is C20H24N2O2. The van der Waals surface area contributed by atoms with Crippen molar-refractivity contribution in [1.29, 1.82) is 0 Å². The van der Waals surface area contributed by atoms with Gasteiger partial charge in [0.15, 0.2) is 0 Å². The van der Waals surface area contributed by atoms with Crippen LogP contribution in [0.1, 0.15) is 12.5 Å². The van der Waals surface area contributed by atoms with Crippen molar-refractivity contribution in [3.63, 3.8) is 0 Å². The van der Waals surface area contributed by atoms with Crippen LogP contribution in [-0.2, 0) is 11.2 Å². The highest BCUT2D eigenvalue weighted by Gasteiger charge is 2.18. The van der Waals surface area contributed by atoms with E-state index in [0.29, 0.717) is 6.42 Å². The summed E-state index contributed by atoms with van der Waals surface area (Å²) in [6.45, 7) is 5.73. The van der Waals surface area contributed by atoms with Gasteiger partial charge in [0.05, 0.1) is 13.2 Å².